The van der Waals surface area contributed by atoms with Crippen molar-refractivity contribution in [2.24, 2.45) is 0 Å². The van der Waals surface area contributed by atoms with Crippen LogP contribution in [-0.2, 0) is 0 Å². The first kappa shape index (κ1) is 9.22. The van der Waals surface area contributed by atoms with Gasteiger partial charge in [-0.3, -0.25) is 0 Å². The van der Waals surface area contributed by atoms with Gasteiger partial charge in [0.25, 0.3) is 0 Å². The molecule has 0 spiro atoms. The zero-order valence-corrected chi connectivity index (χ0v) is 8.97. The standard InChI is InChI=1S/C13H12S/c1-3-11-6-4-5-7-12(11)13-9-8-10(2)14-13/h3-9H,1H2,2H3. The number of aryl methyl sites for hydroxylation is 1. The normalized spacial score (nSPS) is 10.1. The molecule has 0 aliphatic heterocycles. The Balaban J connectivity index is 2.55. The van der Waals surface area contributed by atoms with Crippen molar-refractivity contribution < 1.29 is 0 Å². The van der Waals surface area contributed by atoms with Gasteiger partial charge in [0.15, 0.2) is 0 Å². The molecule has 0 aliphatic carbocycles. The molecule has 0 saturated heterocycles. The second kappa shape index (κ2) is 3.81. The summed E-state index contributed by atoms with van der Waals surface area (Å²) in [5.74, 6) is 0. The SMILES string of the molecule is C=Cc1ccccc1-c1ccc(C)s1. The van der Waals surface area contributed by atoms with Gasteiger partial charge in [-0.1, -0.05) is 36.9 Å². The van der Waals surface area contributed by atoms with Gasteiger partial charge in [-0.25, -0.2) is 0 Å². The van der Waals surface area contributed by atoms with Gasteiger partial charge in [0.1, 0.15) is 0 Å². The van der Waals surface area contributed by atoms with Crippen LogP contribution in [0, 0.1) is 6.92 Å². The lowest BCUT2D eigenvalue weighted by Crippen LogP contribution is -1.77. The fourth-order valence-corrected chi connectivity index (χ4v) is 2.39. The van der Waals surface area contributed by atoms with Crippen LogP contribution < -0.4 is 0 Å². The van der Waals surface area contributed by atoms with Crippen molar-refractivity contribution in [3.8, 4) is 10.4 Å². The van der Waals surface area contributed by atoms with Crippen molar-refractivity contribution in [2.75, 3.05) is 0 Å². The Hall–Kier alpha value is -1.34. The quantitative estimate of drug-likeness (QED) is 0.675. The molecule has 70 valence electrons. The molecular weight excluding hydrogens is 188 g/mol. The molecule has 14 heavy (non-hydrogen) atoms. The van der Waals surface area contributed by atoms with E-state index in [0.717, 1.165) is 0 Å². The van der Waals surface area contributed by atoms with Gasteiger partial charge in [0.2, 0.25) is 0 Å². The van der Waals surface area contributed by atoms with Crippen LogP contribution in [0.4, 0.5) is 0 Å². The minimum Gasteiger partial charge on any atom is -0.141 e. The zero-order valence-electron chi connectivity index (χ0n) is 8.16. The average molecular weight is 200 g/mol. The Labute approximate surface area is 88.5 Å². The van der Waals surface area contributed by atoms with Crippen molar-refractivity contribution in [3.05, 3.63) is 53.4 Å². The molecule has 2 aromatic rings. The molecular formula is C13H12S. The summed E-state index contributed by atoms with van der Waals surface area (Å²) < 4.78 is 0. The van der Waals surface area contributed by atoms with Gasteiger partial charge < -0.3 is 0 Å². The highest BCUT2D eigenvalue weighted by atomic mass is 32.1. The van der Waals surface area contributed by atoms with Crippen molar-refractivity contribution in [3.63, 3.8) is 0 Å². The predicted molar refractivity (Wildman–Crippen MR) is 64.6 cm³/mol. The van der Waals surface area contributed by atoms with E-state index in [1.54, 1.807) is 0 Å². The highest BCUT2D eigenvalue weighted by Crippen LogP contribution is 2.30. The first-order valence-corrected chi connectivity index (χ1v) is 5.41. The van der Waals surface area contributed by atoms with Gasteiger partial charge in [0, 0.05) is 9.75 Å². The maximum absolute atomic E-state index is 3.83. The van der Waals surface area contributed by atoms with Crippen molar-refractivity contribution in [2.45, 2.75) is 6.92 Å². The van der Waals surface area contributed by atoms with E-state index in [1.165, 1.54) is 20.9 Å². The summed E-state index contributed by atoms with van der Waals surface area (Å²) in [6, 6.07) is 12.7. The minimum atomic E-state index is 1.20. The Morgan fingerprint density at radius 3 is 2.57 bits per heavy atom. The van der Waals surface area contributed by atoms with E-state index >= 15 is 0 Å². The summed E-state index contributed by atoms with van der Waals surface area (Å²) in [6.45, 7) is 5.96. The number of hydrogen-bond acceptors (Lipinski definition) is 1. The van der Waals surface area contributed by atoms with Crippen LogP contribution >= 0.6 is 11.3 Å². The molecule has 0 unspecified atom stereocenters. The molecule has 1 heterocycles. The van der Waals surface area contributed by atoms with Crippen LogP contribution in [-0.4, -0.2) is 0 Å². The van der Waals surface area contributed by atoms with E-state index in [0.29, 0.717) is 0 Å². The molecule has 0 saturated carbocycles. The molecule has 0 radical (unpaired) electrons. The van der Waals surface area contributed by atoms with E-state index in [2.05, 4.69) is 43.8 Å². The lowest BCUT2D eigenvalue weighted by molar-refractivity contribution is 1.63. The van der Waals surface area contributed by atoms with Gasteiger partial charge in [-0.2, -0.15) is 0 Å². The lowest BCUT2D eigenvalue weighted by atomic mass is 10.1. The largest absolute Gasteiger partial charge is 0.141 e. The maximum Gasteiger partial charge on any atom is 0.0351 e. The fraction of sp³-hybridized carbons (Fsp3) is 0.0769. The Morgan fingerprint density at radius 1 is 1.14 bits per heavy atom. The van der Waals surface area contributed by atoms with Crippen LogP contribution in [0.25, 0.3) is 16.5 Å². The lowest BCUT2D eigenvalue weighted by Gasteiger charge is -2.01. The topological polar surface area (TPSA) is 0 Å². The van der Waals surface area contributed by atoms with Crippen LogP contribution in [0.5, 0.6) is 0 Å². The Bertz CT molecular complexity index is 452. The van der Waals surface area contributed by atoms with Crippen molar-refractivity contribution in [1.82, 2.24) is 0 Å². The molecule has 0 N–H and O–H groups in total. The van der Waals surface area contributed by atoms with Crippen LogP contribution in [0.3, 0.4) is 0 Å². The van der Waals surface area contributed by atoms with Gasteiger partial charge in [-0.15, -0.1) is 11.3 Å². The van der Waals surface area contributed by atoms with Gasteiger partial charge in [-0.05, 0) is 30.2 Å². The third-order valence-corrected chi connectivity index (χ3v) is 3.22. The summed E-state index contributed by atoms with van der Waals surface area (Å²) in [4.78, 5) is 2.66. The summed E-state index contributed by atoms with van der Waals surface area (Å²) >= 11 is 1.82. The van der Waals surface area contributed by atoms with E-state index in [9.17, 15) is 0 Å². The Kier molecular flexibility index (Phi) is 2.51. The molecule has 0 nitrogen and oxygen atoms in total. The second-order valence-corrected chi connectivity index (χ2v) is 4.49. The van der Waals surface area contributed by atoms with E-state index in [-0.39, 0.29) is 0 Å². The summed E-state index contributed by atoms with van der Waals surface area (Å²) in [5.41, 5.74) is 2.48. The molecule has 1 aromatic heterocycles. The van der Waals surface area contributed by atoms with Crippen LogP contribution in [0.1, 0.15) is 10.4 Å². The smallest absolute Gasteiger partial charge is 0.0351 e. The van der Waals surface area contributed by atoms with Gasteiger partial charge in [0.05, 0.1) is 0 Å². The highest BCUT2D eigenvalue weighted by molar-refractivity contribution is 7.15. The maximum atomic E-state index is 3.83. The predicted octanol–water partition coefficient (Wildman–Crippen LogP) is 4.37. The molecule has 1 heteroatoms. The molecule has 0 fully saturated rings. The molecule has 1 aromatic carbocycles. The first-order chi connectivity index (χ1) is 6.81. The monoisotopic (exact) mass is 200 g/mol. The van der Waals surface area contributed by atoms with Gasteiger partial charge >= 0.3 is 0 Å². The number of thiophene rings is 1. The minimum absolute atomic E-state index is 1.20. The van der Waals surface area contributed by atoms with E-state index in [4.69, 9.17) is 0 Å². The number of rotatable bonds is 2. The summed E-state index contributed by atoms with van der Waals surface area (Å²) in [6.07, 6.45) is 1.91. The first-order valence-electron chi connectivity index (χ1n) is 4.59. The molecule has 0 atom stereocenters. The number of hydrogen-bond donors (Lipinski definition) is 0. The molecule has 0 aliphatic rings. The molecule has 0 bridgehead atoms. The number of benzene rings is 1. The summed E-state index contributed by atoms with van der Waals surface area (Å²) in [7, 11) is 0. The highest BCUT2D eigenvalue weighted by Gasteiger charge is 2.03. The molecule has 0 amide bonds. The van der Waals surface area contributed by atoms with Crippen LogP contribution in [0.15, 0.2) is 43.0 Å². The summed E-state index contributed by atoms with van der Waals surface area (Å²) in [5, 5.41) is 0. The van der Waals surface area contributed by atoms with Crippen molar-refractivity contribution >= 4 is 17.4 Å². The third-order valence-electron chi connectivity index (χ3n) is 2.19. The van der Waals surface area contributed by atoms with E-state index < -0.39 is 0 Å². The zero-order chi connectivity index (χ0) is 9.97. The van der Waals surface area contributed by atoms with E-state index in [1.807, 2.05) is 23.5 Å². The molecule has 2 rings (SSSR count). The average Bonchev–Trinajstić information content (AvgIpc) is 2.65. The Morgan fingerprint density at radius 2 is 1.93 bits per heavy atom. The second-order valence-electron chi connectivity index (χ2n) is 3.20. The van der Waals surface area contributed by atoms with Crippen LogP contribution in [0.2, 0.25) is 0 Å². The van der Waals surface area contributed by atoms with Crippen molar-refractivity contribution in [1.29, 1.82) is 0 Å². The third kappa shape index (κ3) is 1.64. The fourth-order valence-electron chi connectivity index (χ4n) is 1.48.